The molecule has 1 aliphatic carbocycles. The van der Waals surface area contributed by atoms with Crippen LogP contribution in [0.4, 0.5) is 11.4 Å². The highest BCUT2D eigenvalue weighted by Crippen LogP contribution is 2.51. The van der Waals surface area contributed by atoms with Gasteiger partial charge in [0.25, 0.3) is 0 Å². The monoisotopic (exact) mass is 276 g/mol. The Balaban J connectivity index is 2.13. The zero-order valence-electron chi connectivity index (χ0n) is 12.5. The summed E-state index contributed by atoms with van der Waals surface area (Å²) in [5.41, 5.74) is 8.05. The molecule has 4 heteroatoms. The summed E-state index contributed by atoms with van der Waals surface area (Å²) in [6, 6.07) is 5.34. The number of hydrogen-bond acceptors (Lipinski definition) is 4. The lowest BCUT2D eigenvalue weighted by Crippen LogP contribution is -2.22. The fourth-order valence-electron chi connectivity index (χ4n) is 2.48. The van der Waals surface area contributed by atoms with E-state index in [1.54, 1.807) is 19.1 Å². The molecular formula is C16H24N2O2. The molecule has 4 nitrogen and oxygen atoms in total. The van der Waals surface area contributed by atoms with Crippen LogP contribution in [-0.2, 0) is 4.74 Å². The van der Waals surface area contributed by atoms with Crippen LogP contribution < -0.4 is 11.1 Å². The van der Waals surface area contributed by atoms with Crippen LogP contribution in [0.5, 0.6) is 0 Å². The summed E-state index contributed by atoms with van der Waals surface area (Å²) >= 11 is 0. The normalized spacial score (nSPS) is 16.0. The summed E-state index contributed by atoms with van der Waals surface area (Å²) < 4.78 is 5.08. The van der Waals surface area contributed by atoms with Crippen molar-refractivity contribution >= 4 is 17.3 Å². The van der Waals surface area contributed by atoms with E-state index < -0.39 is 0 Å². The number of nitrogen functional groups attached to an aromatic ring is 1. The predicted molar refractivity (Wildman–Crippen MR) is 81.8 cm³/mol. The van der Waals surface area contributed by atoms with Crippen LogP contribution in [-0.4, -0.2) is 19.1 Å². The minimum absolute atomic E-state index is 0.323. The van der Waals surface area contributed by atoms with E-state index in [1.807, 2.05) is 6.07 Å². The number of hydrogen-bond donors (Lipinski definition) is 2. The molecule has 0 atom stereocenters. The molecule has 1 aliphatic rings. The Morgan fingerprint density at radius 2 is 2.15 bits per heavy atom. The number of nitrogens with two attached hydrogens (primary N) is 1. The molecule has 2 rings (SSSR count). The second-order valence-corrected chi connectivity index (χ2v) is 5.90. The standard InChI is InChI=1S/C16H24N2O2/c1-4-20-15(19)13-9-12(17)5-6-14(13)18-10-16(7-8-16)11(2)3/h5-6,9,11,18H,4,7-8,10,17H2,1-3H3. The second-order valence-electron chi connectivity index (χ2n) is 5.90. The molecule has 0 aromatic heterocycles. The third-order valence-corrected chi connectivity index (χ3v) is 4.29. The van der Waals surface area contributed by atoms with Crippen LogP contribution in [0.1, 0.15) is 44.0 Å². The smallest absolute Gasteiger partial charge is 0.340 e. The highest BCUT2D eigenvalue weighted by Gasteiger charge is 2.45. The summed E-state index contributed by atoms with van der Waals surface area (Å²) in [5, 5.41) is 3.41. The van der Waals surface area contributed by atoms with Crippen molar-refractivity contribution < 1.29 is 9.53 Å². The molecule has 3 N–H and O–H groups in total. The summed E-state index contributed by atoms with van der Waals surface area (Å²) in [6.45, 7) is 7.56. The van der Waals surface area contributed by atoms with Gasteiger partial charge in [-0.1, -0.05) is 13.8 Å². The van der Waals surface area contributed by atoms with Crippen molar-refractivity contribution in [2.75, 3.05) is 24.2 Å². The number of esters is 1. The summed E-state index contributed by atoms with van der Waals surface area (Å²) in [7, 11) is 0. The third kappa shape index (κ3) is 3.06. The van der Waals surface area contributed by atoms with Crippen LogP contribution in [0.15, 0.2) is 18.2 Å². The zero-order valence-corrected chi connectivity index (χ0v) is 12.5. The highest BCUT2D eigenvalue weighted by molar-refractivity contribution is 5.96. The van der Waals surface area contributed by atoms with Gasteiger partial charge in [-0.15, -0.1) is 0 Å². The molecule has 0 radical (unpaired) electrons. The minimum Gasteiger partial charge on any atom is -0.462 e. The molecule has 110 valence electrons. The average molecular weight is 276 g/mol. The van der Waals surface area contributed by atoms with Gasteiger partial charge in [0.2, 0.25) is 0 Å². The van der Waals surface area contributed by atoms with Crippen molar-refractivity contribution in [2.24, 2.45) is 11.3 Å². The summed E-state index contributed by atoms with van der Waals surface area (Å²) in [4.78, 5) is 12.0. The second kappa shape index (κ2) is 5.73. The topological polar surface area (TPSA) is 64.3 Å². The van der Waals surface area contributed by atoms with Gasteiger partial charge in [0.05, 0.1) is 12.2 Å². The molecule has 0 heterocycles. The minimum atomic E-state index is -0.323. The quantitative estimate of drug-likeness (QED) is 0.618. The number of rotatable bonds is 6. The fourth-order valence-corrected chi connectivity index (χ4v) is 2.48. The summed E-state index contributed by atoms with van der Waals surface area (Å²) in [6.07, 6.45) is 2.50. The van der Waals surface area contributed by atoms with Crippen molar-refractivity contribution in [1.29, 1.82) is 0 Å². The Morgan fingerprint density at radius 3 is 2.70 bits per heavy atom. The maximum atomic E-state index is 12.0. The van der Waals surface area contributed by atoms with Crippen LogP contribution >= 0.6 is 0 Å². The van der Waals surface area contributed by atoms with E-state index in [4.69, 9.17) is 10.5 Å². The molecule has 1 aromatic carbocycles. The molecule has 0 aliphatic heterocycles. The SMILES string of the molecule is CCOC(=O)c1cc(N)ccc1NCC1(C(C)C)CC1. The number of anilines is 2. The van der Waals surface area contributed by atoms with Gasteiger partial charge in [0.1, 0.15) is 0 Å². The Hall–Kier alpha value is -1.71. The molecule has 0 saturated heterocycles. The molecule has 0 amide bonds. The molecular weight excluding hydrogens is 252 g/mol. The number of carbonyl (C=O) groups excluding carboxylic acids is 1. The molecule has 1 saturated carbocycles. The van der Waals surface area contributed by atoms with E-state index in [2.05, 4.69) is 19.2 Å². The Morgan fingerprint density at radius 1 is 1.45 bits per heavy atom. The molecule has 1 aromatic rings. The van der Waals surface area contributed by atoms with E-state index in [1.165, 1.54) is 12.8 Å². The predicted octanol–water partition coefficient (Wildman–Crippen LogP) is 3.29. The molecule has 0 spiro atoms. The maximum absolute atomic E-state index is 12.0. The van der Waals surface area contributed by atoms with Crippen LogP contribution in [0.25, 0.3) is 0 Å². The van der Waals surface area contributed by atoms with Gasteiger partial charge >= 0.3 is 5.97 Å². The Bertz CT molecular complexity index is 493. The van der Waals surface area contributed by atoms with Gasteiger partial charge in [-0.05, 0) is 49.3 Å². The molecule has 0 bridgehead atoms. The van der Waals surface area contributed by atoms with Crippen molar-refractivity contribution in [1.82, 2.24) is 0 Å². The van der Waals surface area contributed by atoms with Gasteiger partial charge < -0.3 is 15.8 Å². The first-order chi connectivity index (χ1) is 9.48. The van der Waals surface area contributed by atoms with Crippen molar-refractivity contribution in [3.05, 3.63) is 23.8 Å². The molecule has 1 fully saturated rings. The maximum Gasteiger partial charge on any atom is 0.340 e. The number of ether oxygens (including phenoxy) is 1. The lowest BCUT2D eigenvalue weighted by Gasteiger charge is -2.21. The zero-order chi connectivity index (χ0) is 14.8. The van der Waals surface area contributed by atoms with Gasteiger partial charge in [-0.25, -0.2) is 4.79 Å². The van der Waals surface area contributed by atoms with Gasteiger partial charge in [0, 0.05) is 17.9 Å². The fraction of sp³-hybridized carbons (Fsp3) is 0.562. The van der Waals surface area contributed by atoms with E-state index in [0.29, 0.717) is 29.2 Å². The van der Waals surface area contributed by atoms with Crippen LogP contribution in [0.3, 0.4) is 0 Å². The van der Waals surface area contributed by atoms with E-state index in [9.17, 15) is 4.79 Å². The lowest BCUT2D eigenvalue weighted by atomic mass is 9.92. The first-order valence-electron chi connectivity index (χ1n) is 7.29. The number of nitrogens with one attached hydrogen (secondary N) is 1. The molecule has 0 unspecified atom stereocenters. The number of carbonyl (C=O) groups is 1. The number of benzene rings is 1. The van der Waals surface area contributed by atoms with Crippen LogP contribution in [0.2, 0.25) is 0 Å². The third-order valence-electron chi connectivity index (χ3n) is 4.29. The average Bonchev–Trinajstić information content (AvgIpc) is 3.18. The van der Waals surface area contributed by atoms with E-state index in [0.717, 1.165) is 12.2 Å². The van der Waals surface area contributed by atoms with Gasteiger partial charge in [-0.2, -0.15) is 0 Å². The Kier molecular flexibility index (Phi) is 4.21. The van der Waals surface area contributed by atoms with Crippen molar-refractivity contribution in [2.45, 2.75) is 33.6 Å². The summed E-state index contributed by atoms with van der Waals surface area (Å²) in [5.74, 6) is 0.325. The van der Waals surface area contributed by atoms with Crippen molar-refractivity contribution in [3.63, 3.8) is 0 Å². The molecule has 20 heavy (non-hydrogen) atoms. The first-order valence-corrected chi connectivity index (χ1v) is 7.29. The lowest BCUT2D eigenvalue weighted by molar-refractivity contribution is 0.0527. The van der Waals surface area contributed by atoms with Gasteiger partial charge in [0.15, 0.2) is 0 Å². The van der Waals surface area contributed by atoms with Gasteiger partial charge in [-0.3, -0.25) is 0 Å². The first kappa shape index (κ1) is 14.7. The van der Waals surface area contributed by atoms with E-state index in [-0.39, 0.29) is 5.97 Å². The van der Waals surface area contributed by atoms with E-state index >= 15 is 0 Å². The Labute approximate surface area is 120 Å². The highest BCUT2D eigenvalue weighted by atomic mass is 16.5. The largest absolute Gasteiger partial charge is 0.462 e. The van der Waals surface area contributed by atoms with Crippen LogP contribution in [0, 0.1) is 11.3 Å². The van der Waals surface area contributed by atoms with Crippen molar-refractivity contribution in [3.8, 4) is 0 Å².